The molecular formula is C84H93N9O18. The van der Waals surface area contributed by atoms with E-state index in [-0.39, 0.29) is 94.7 Å². The number of amides is 7. The number of methoxy groups -OCH3 is 1. The van der Waals surface area contributed by atoms with Gasteiger partial charge < -0.3 is 81.0 Å². The number of hydrogen-bond acceptors (Lipinski definition) is 19. The van der Waals surface area contributed by atoms with Crippen molar-refractivity contribution in [3.05, 3.63) is 230 Å². The van der Waals surface area contributed by atoms with Gasteiger partial charge in [-0.2, -0.15) is 0 Å². The Bertz CT molecular complexity index is 4610. The van der Waals surface area contributed by atoms with Crippen molar-refractivity contribution in [1.29, 1.82) is 0 Å². The van der Waals surface area contributed by atoms with Crippen molar-refractivity contribution < 1.29 is 81.5 Å². The molecule has 10 N–H and O–H groups in total. The number of ketones is 3. The topological polar surface area (TPSA) is 385 Å². The van der Waals surface area contributed by atoms with E-state index in [1.54, 1.807) is 99.6 Å². The average molecular weight is 1520 g/mol. The Kier molecular flexibility index (Phi) is 25.2. The summed E-state index contributed by atoms with van der Waals surface area (Å²) in [6.07, 6.45) is 2.53. The Balaban J connectivity index is 0.689. The van der Waals surface area contributed by atoms with E-state index in [1.165, 1.54) is 25.3 Å². The number of rotatable bonds is 38. The summed E-state index contributed by atoms with van der Waals surface area (Å²) in [6.45, 7) is 5.69. The summed E-state index contributed by atoms with van der Waals surface area (Å²) < 4.78 is 34.5. The first-order valence-electron chi connectivity index (χ1n) is 37.4. The van der Waals surface area contributed by atoms with Crippen LogP contribution in [0.5, 0.6) is 17.2 Å². The van der Waals surface area contributed by atoms with Crippen LogP contribution in [0, 0.1) is 0 Å². The molecule has 5 saturated heterocycles. The van der Waals surface area contributed by atoms with Crippen LogP contribution in [0.1, 0.15) is 108 Å². The van der Waals surface area contributed by atoms with Crippen molar-refractivity contribution in [3.8, 4) is 17.2 Å². The molecule has 11 unspecified atom stereocenters. The SMILES string of the molecule is COc1ccc(CC(NC(=O)C2(CO)CCCN2)C(=O)NC(Cc2cccc(COc3ccc(CC(NC(=O)c4cccc(=O)[nH]4)C(=O)NC(Cc4cccc(COc5ccc(CC(NC(=O)C6CCCC(=O)N6)C(=O)NC(Cc6ccccc6)C(=O)C6(C)CO6)cc5)c4)C(=O)C4(C)CO4)cc3)c2)C(=O)C2(C)CO2)cc1. The molecule has 6 aromatic carbocycles. The number of carbonyl (C=O) groups is 10. The van der Waals surface area contributed by atoms with Gasteiger partial charge in [0.05, 0.1) is 51.7 Å². The van der Waals surface area contributed by atoms with Crippen LogP contribution in [0.2, 0.25) is 0 Å². The number of carbonyl (C=O) groups excluding carboxylic acids is 10. The number of aliphatic hydroxyl groups excluding tert-OH is 1. The molecule has 0 radical (unpaired) electrons. The summed E-state index contributed by atoms with van der Waals surface area (Å²) in [5.41, 5.74) is 0.319. The van der Waals surface area contributed by atoms with E-state index < -0.39 is 118 Å². The molecule has 11 atom stereocenters. The molecule has 7 aromatic rings. The number of nitrogens with one attached hydrogen (secondary N) is 9. The lowest BCUT2D eigenvalue weighted by Gasteiger charge is -2.30. The maximum atomic E-state index is 14.8. The first-order valence-corrected chi connectivity index (χ1v) is 37.4. The average Bonchev–Trinajstić information content (AvgIpc) is 1.65. The standard InChI is InChI=1S/C84H93N9O18/c1-81(48-109-81)72(97)64(39-51-13-6-5-7-14-51)88-77(102)67(91-75(100)62-19-10-21-70(95)86-62)40-53-25-31-60(32-26-53)107-45-57-17-8-15-55(37-57)43-65(73(98)82(2)49-110-82)89-78(103)68(92-76(101)63-20-11-22-71(96)87-63)41-54-27-33-61(34-28-54)108-46-58-18-9-16-56(38-58)44-66(74(99)83(3)50-111-83)90-79(104)69(42-52-23-29-59(106-4)30-24-52)93-80(105)84(47-94)35-12-36-85-84/h5-9,11,13-18,20,22-34,37-38,62,64-69,85,94H,10,12,19,21,35-36,39-50H2,1-4H3,(H,86,95)(H,87,96)(H,88,102)(H,89,103)(H,90,104)(H,91,100)(H,92,101)(H,93,105). The number of benzene rings is 6. The minimum Gasteiger partial charge on any atom is -0.497 e. The maximum Gasteiger partial charge on any atom is 0.268 e. The quantitative estimate of drug-likeness (QED) is 0.0245. The fraction of sp³-hybridized carbons (Fsp3) is 0.393. The van der Waals surface area contributed by atoms with Crippen LogP contribution in [-0.4, -0.2) is 174 Å². The second-order valence-corrected chi connectivity index (χ2v) is 29.7. The summed E-state index contributed by atoms with van der Waals surface area (Å²) >= 11 is 0. The Hall–Kier alpha value is -11.2. The number of piperidine rings is 1. The fourth-order valence-corrected chi connectivity index (χ4v) is 13.8. The summed E-state index contributed by atoms with van der Waals surface area (Å²) in [6, 6.07) is 41.2. The van der Waals surface area contributed by atoms with Crippen LogP contribution in [0.3, 0.4) is 0 Å². The predicted octanol–water partition coefficient (Wildman–Crippen LogP) is 3.98. The summed E-state index contributed by atoms with van der Waals surface area (Å²) in [4.78, 5) is 154. The highest BCUT2D eigenvalue weighted by Crippen LogP contribution is 2.33. The zero-order valence-corrected chi connectivity index (χ0v) is 62.3. The van der Waals surface area contributed by atoms with Crippen molar-refractivity contribution in [2.24, 2.45) is 0 Å². The maximum absolute atomic E-state index is 14.8. The van der Waals surface area contributed by atoms with Gasteiger partial charge in [0.25, 0.3) is 5.91 Å². The molecule has 1 aromatic heterocycles. The Morgan fingerprint density at radius 3 is 1.32 bits per heavy atom. The van der Waals surface area contributed by atoms with Gasteiger partial charge in [0.15, 0.2) is 17.3 Å². The van der Waals surface area contributed by atoms with Gasteiger partial charge in [-0.05, 0) is 159 Å². The van der Waals surface area contributed by atoms with Crippen molar-refractivity contribution in [2.45, 2.75) is 169 Å². The third-order valence-corrected chi connectivity index (χ3v) is 20.9. The molecule has 27 nitrogen and oxygen atoms in total. The Labute approximate surface area is 641 Å². The van der Waals surface area contributed by atoms with Crippen LogP contribution in [0.4, 0.5) is 0 Å². The van der Waals surface area contributed by atoms with Crippen molar-refractivity contribution in [3.63, 3.8) is 0 Å². The van der Waals surface area contributed by atoms with Gasteiger partial charge in [-0.1, -0.05) is 121 Å². The van der Waals surface area contributed by atoms with Crippen LogP contribution >= 0.6 is 0 Å². The molecule has 582 valence electrons. The van der Waals surface area contributed by atoms with E-state index in [1.807, 2.05) is 72.8 Å². The summed E-state index contributed by atoms with van der Waals surface area (Å²) in [5.74, 6) is -3.47. The minimum absolute atomic E-state index is 0.0167. The van der Waals surface area contributed by atoms with Crippen molar-refractivity contribution in [1.82, 2.24) is 47.5 Å². The first-order chi connectivity index (χ1) is 53.4. The number of Topliss-reactive ketones (excluding diaryl/α,β-unsaturated/α-hetero) is 3. The normalized spacial score (nSPS) is 21.7. The number of aromatic amines is 1. The van der Waals surface area contributed by atoms with Crippen LogP contribution < -0.4 is 62.3 Å². The predicted molar refractivity (Wildman–Crippen MR) is 405 cm³/mol. The molecule has 12 rings (SSSR count). The van der Waals surface area contributed by atoms with Crippen molar-refractivity contribution in [2.75, 3.05) is 40.1 Å². The number of hydrogen-bond donors (Lipinski definition) is 10. The van der Waals surface area contributed by atoms with Gasteiger partial charge in [-0.25, -0.2) is 0 Å². The van der Waals surface area contributed by atoms with Gasteiger partial charge in [-0.3, -0.25) is 52.7 Å². The van der Waals surface area contributed by atoms with E-state index >= 15 is 0 Å². The molecule has 111 heavy (non-hydrogen) atoms. The van der Waals surface area contributed by atoms with E-state index in [0.717, 1.165) is 16.7 Å². The van der Waals surface area contributed by atoms with E-state index in [4.69, 9.17) is 28.4 Å². The minimum atomic E-state index is -1.29. The van der Waals surface area contributed by atoms with Gasteiger partial charge in [0.2, 0.25) is 41.0 Å². The van der Waals surface area contributed by atoms with E-state index in [0.29, 0.717) is 83.7 Å². The molecule has 7 amide bonds. The first kappa shape index (κ1) is 79.3. The molecule has 5 fully saturated rings. The molecule has 5 aliphatic rings. The third kappa shape index (κ3) is 21.0. The van der Waals surface area contributed by atoms with Gasteiger partial charge in [0, 0.05) is 31.7 Å². The lowest BCUT2D eigenvalue weighted by atomic mass is 9.93. The number of ether oxygens (including phenoxy) is 6. The van der Waals surface area contributed by atoms with Crippen LogP contribution in [0.25, 0.3) is 0 Å². The Morgan fingerprint density at radius 2 is 0.892 bits per heavy atom. The molecule has 0 spiro atoms. The highest BCUT2D eigenvalue weighted by molar-refractivity contribution is 6.02. The second kappa shape index (κ2) is 35.2. The number of H-pyrrole nitrogens is 1. The molecule has 27 heteroatoms. The lowest BCUT2D eigenvalue weighted by molar-refractivity contribution is -0.135. The van der Waals surface area contributed by atoms with E-state index in [2.05, 4.69) is 47.5 Å². The van der Waals surface area contributed by atoms with Gasteiger partial charge in [-0.15, -0.1) is 0 Å². The van der Waals surface area contributed by atoms with Gasteiger partial charge in [0.1, 0.15) is 82.7 Å². The zero-order chi connectivity index (χ0) is 78.5. The fourth-order valence-electron chi connectivity index (χ4n) is 13.8. The highest BCUT2D eigenvalue weighted by atomic mass is 16.6. The monoisotopic (exact) mass is 1520 g/mol. The van der Waals surface area contributed by atoms with E-state index in [9.17, 15) is 57.8 Å². The van der Waals surface area contributed by atoms with Gasteiger partial charge >= 0.3 is 0 Å². The lowest BCUT2D eigenvalue weighted by Crippen LogP contribution is -2.61. The van der Waals surface area contributed by atoms with Crippen LogP contribution in [-0.2, 0) is 109 Å². The molecule has 5 aliphatic heterocycles. The molecular weight excluding hydrogens is 1420 g/mol. The number of aliphatic hydroxyl groups is 1. The van der Waals surface area contributed by atoms with Crippen molar-refractivity contribution >= 4 is 58.7 Å². The molecule has 0 bridgehead atoms. The molecule has 0 saturated carbocycles. The molecule has 0 aliphatic carbocycles. The van der Waals surface area contributed by atoms with Crippen LogP contribution in [0.15, 0.2) is 175 Å². The number of aromatic nitrogens is 1. The zero-order valence-electron chi connectivity index (χ0n) is 62.3. The summed E-state index contributed by atoms with van der Waals surface area (Å²) in [7, 11) is 1.54. The number of epoxide rings is 3. The second-order valence-electron chi connectivity index (χ2n) is 29.7. The largest absolute Gasteiger partial charge is 0.497 e. The Morgan fingerprint density at radius 1 is 0.477 bits per heavy atom. The summed E-state index contributed by atoms with van der Waals surface area (Å²) in [5, 5.41) is 33.4. The third-order valence-electron chi connectivity index (χ3n) is 20.9. The molecule has 6 heterocycles. The number of pyridine rings is 1. The smallest absolute Gasteiger partial charge is 0.268 e. The highest BCUT2D eigenvalue weighted by Gasteiger charge is 2.53.